The lowest BCUT2D eigenvalue weighted by Gasteiger charge is -2.07. The summed E-state index contributed by atoms with van der Waals surface area (Å²) in [5.74, 6) is -0.0788. The summed E-state index contributed by atoms with van der Waals surface area (Å²) in [6.07, 6.45) is -2.16. The number of nitrogens with two attached hydrogens (primary N) is 1. The van der Waals surface area contributed by atoms with Crippen LogP contribution < -0.4 is 5.14 Å². The van der Waals surface area contributed by atoms with Crippen LogP contribution in [0.3, 0.4) is 0 Å². The Balaban J connectivity index is 3.41. The number of rotatable bonds is 3. The highest BCUT2D eigenvalue weighted by molar-refractivity contribution is 7.89. The van der Waals surface area contributed by atoms with Crippen LogP contribution in [0.2, 0.25) is 0 Å². The minimum absolute atomic E-state index is 0.0788. The number of halogens is 3. The third kappa shape index (κ3) is 2.83. The highest BCUT2D eigenvalue weighted by Crippen LogP contribution is 2.26. The van der Waals surface area contributed by atoms with Gasteiger partial charge in [0.15, 0.2) is 0 Å². The van der Waals surface area contributed by atoms with E-state index in [0.29, 0.717) is 0 Å². The normalized spacial score (nSPS) is 12.1. The number of hydrogen-bond acceptors (Lipinski definition) is 3. The van der Waals surface area contributed by atoms with Gasteiger partial charge in [0.05, 0.1) is 11.6 Å². The van der Waals surface area contributed by atoms with Gasteiger partial charge in [-0.3, -0.25) is 4.98 Å². The van der Waals surface area contributed by atoms with Gasteiger partial charge in [0.1, 0.15) is 4.90 Å². The van der Waals surface area contributed by atoms with Crippen molar-refractivity contribution in [1.82, 2.24) is 4.98 Å². The highest BCUT2D eigenvalue weighted by atomic mass is 35.5. The quantitative estimate of drug-likeness (QED) is 0.831. The van der Waals surface area contributed by atoms with E-state index in [1.165, 1.54) is 0 Å². The largest absolute Gasteiger partial charge is 0.265 e. The maximum absolute atomic E-state index is 12.5. The lowest BCUT2D eigenvalue weighted by atomic mass is 10.2. The Morgan fingerprint density at radius 2 is 2.13 bits per heavy atom. The Morgan fingerprint density at radius 3 is 2.53 bits per heavy atom. The van der Waals surface area contributed by atoms with Gasteiger partial charge in [-0.2, -0.15) is 0 Å². The molecular formula is C7H7ClF2N2O2S. The van der Waals surface area contributed by atoms with E-state index in [2.05, 4.69) is 4.98 Å². The van der Waals surface area contributed by atoms with E-state index in [0.717, 1.165) is 12.3 Å². The number of sulfonamides is 1. The fourth-order valence-corrected chi connectivity index (χ4v) is 1.81. The average molecular weight is 257 g/mol. The number of alkyl halides is 3. The smallest absolute Gasteiger partial charge is 0.259 e. The van der Waals surface area contributed by atoms with Crippen LogP contribution in [0.15, 0.2) is 17.2 Å². The van der Waals surface area contributed by atoms with Crippen molar-refractivity contribution in [2.45, 2.75) is 17.2 Å². The number of nitrogens with zero attached hydrogens (tertiary/aromatic N) is 1. The molecule has 0 atom stereocenters. The molecule has 0 bridgehead atoms. The molecule has 0 aliphatic rings. The van der Waals surface area contributed by atoms with Gasteiger partial charge in [-0.25, -0.2) is 22.3 Å². The molecule has 0 unspecified atom stereocenters. The van der Waals surface area contributed by atoms with Crippen LogP contribution in [-0.4, -0.2) is 13.4 Å². The fraction of sp³-hybridized carbons (Fsp3) is 0.286. The van der Waals surface area contributed by atoms with Crippen molar-refractivity contribution in [2.75, 3.05) is 0 Å². The summed E-state index contributed by atoms with van der Waals surface area (Å²) in [5, 5.41) is 4.75. The summed E-state index contributed by atoms with van der Waals surface area (Å²) in [6, 6.07) is 0.928. The predicted octanol–water partition coefficient (Wildman–Crippen LogP) is 1.41. The van der Waals surface area contributed by atoms with Crippen molar-refractivity contribution in [3.63, 3.8) is 0 Å². The van der Waals surface area contributed by atoms with E-state index >= 15 is 0 Å². The molecule has 15 heavy (non-hydrogen) atoms. The topological polar surface area (TPSA) is 73.1 Å². The molecule has 0 aliphatic carbocycles. The molecule has 4 nitrogen and oxygen atoms in total. The molecule has 0 radical (unpaired) electrons. The first-order valence-corrected chi connectivity index (χ1v) is 5.80. The zero-order valence-corrected chi connectivity index (χ0v) is 8.89. The van der Waals surface area contributed by atoms with Gasteiger partial charge in [-0.05, 0) is 6.07 Å². The Labute approximate surface area is 90.1 Å². The second-order valence-electron chi connectivity index (χ2n) is 2.69. The summed E-state index contributed by atoms with van der Waals surface area (Å²) in [4.78, 5) is 2.91. The maximum atomic E-state index is 12.5. The molecule has 1 rings (SSSR count). The van der Waals surface area contributed by atoms with Gasteiger partial charge < -0.3 is 0 Å². The molecule has 84 valence electrons. The molecule has 1 aromatic rings. The lowest BCUT2D eigenvalue weighted by Crippen LogP contribution is -2.15. The van der Waals surface area contributed by atoms with Crippen molar-refractivity contribution < 1.29 is 17.2 Å². The summed E-state index contributed by atoms with van der Waals surface area (Å²) in [6.45, 7) is 0. The third-order valence-electron chi connectivity index (χ3n) is 1.63. The van der Waals surface area contributed by atoms with E-state index in [-0.39, 0.29) is 11.6 Å². The van der Waals surface area contributed by atoms with Crippen LogP contribution in [0.1, 0.15) is 17.7 Å². The Bertz CT molecular complexity index is 464. The van der Waals surface area contributed by atoms with Crippen LogP contribution in [0.5, 0.6) is 0 Å². The van der Waals surface area contributed by atoms with E-state index in [9.17, 15) is 17.2 Å². The van der Waals surface area contributed by atoms with Crippen molar-refractivity contribution >= 4 is 21.6 Å². The van der Waals surface area contributed by atoms with Crippen LogP contribution in [0, 0.1) is 0 Å². The second-order valence-corrected chi connectivity index (χ2v) is 4.49. The fourth-order valence-electron chi connectivity index (χ4n) is 0.985. The summed E-state index contributed by atoms with van der Waals surface area (Å²) in [5.41, 5.74) is -0.512. The Hall–Kier alpha value is -0.790. The summed E-state index contributed by atoms with van der Waals surface area (Å²) in [7, 11) is -4.19. The molecule has 0 spiro atoms. The predicted molar refractivity (Wildman–Crippen MR) is 50.1 cm³/mol. The van der Waals surface area contributed by atoms with E-state index in [4.69, 9.17) is 16.7 Å². The van der Waals surface area contributed by atoms with Gasteiger partial charge in [-0.15, -0.1) is 11.6 Å². The molecule has 1 aromatic heterocycles. The zero-order chi connectivity index (χ0) is 11.6. The second kappa shape index (κ2) is 4.38. The molecular weight excluding hydrogens is 250 g/mol. The van der Waals surface area contributed by atoms with Gasteiger partial charge in [-0.1, -0.05) is 0 Å². The van der Waals surface area contributed by atoms with Crippen LogP contribution >= 0.6 is 11.6 Å². The molecule has 0 saturated heterocycles. The molecule has 2 N–H and O–H groups in total. The SMILES string of the molecule is NS(=O)(=O)c1cnc(CCl)cc1C(F)F. The first kappa shape index (κ1) is 12.3. The standard InChI is InChI=1S/C7H7ClF2N2O2S/c8-2-4-1-5(7(9)10)6(3-12-4)15(11,13)14/h1,3,7H,2H2,(H2,11,13,14). The molecule has 8 heteroatoms. The number of hydrogen-bond donors (Lipinski definition) is 1. The third-order valence-corrected chi connectivity index (χ3v) is 2.86. The van der Waals surface area contributed by atoms with E-state index < -0.39 is 26.9 Å². The molecule has 0 fully saturated rings. The molecule has 0 amide bonds. The minimum atomic E-state index is -4.19. The Morgan fingerprint density at radius 1 is 1.53 bits per heavy atom. The summed E-state index contributed by atoms with van der Waals surface area (Å²) < 4.78 is 46.8. The van der Waals surface area contributed by atoms with Crippen LogP contribution in [0.25, 0.3) is 0 Å². The molecule has 0 saturated carbocycles. The molecule has 0 aliphatic heterocycles. The molecule has 0 aromatic carbocycles. The van der Waals surface area contributed by atoms with Crippen molar-refractivity contribution in [2.24, 2.45) is 5.14 Å². The number of primary sulfonamides is 1. The lowest BCUT2D eigenvalue weighted by molar-refractivity contribution is 0.147. The first-order chi connectivity index (χ1) is 6.86. The van der Waals surface area contributed by atoms with E-state index in [1.807, 2.05) is 0 Å². The zero-order valence-electron chi connectivity index (χ0n) is 7.32. The average Bonchev–Trinajstić information content (AvgIpc) is 2.15. The highest BCUT2D eigenvalue weighted by Gasteiger charge is 2.21. The van der Waals surface area contributed by atoms with Crippen molar-refractivity contribution in [3.8, 4) is 0 Å². The first-order valence-electron chi connectivity index (χ1n) is 3.72. The van der Waals surface area contributed by atoms with Gasteiger partial charge in [0.25, 0.3) is 6.43 Å². The van der Waals surface area contributed by atoms with Crippen LogP contribution in [-0.2, 0) is 15.9 Å². The van der Waals surface area contributed by atoms with Gasteiger partial charge in [0, 0.05) is 11.8 Å². The monoisotopic (exact) mass is 256 g/mol. The number of pyridine rings is 1. The Kier molecular flexibility index (Phi) is 3.58. The van der Waals surface area contributed by atoms with Gasteiger partial charge >= 0.3 is 0 Å². The van der Waals surface area contributed by atoms with Gasteiger partial charge in [0.2, 0.25) is 10.0 Å². The van der Waals surface area contributed by atoms with Crippen LogP contribution in [0.4, 0.5) is 8.78 Å². The maximum Gasteiger partial charge on any atom is 0.265 e. The van der Waals surface area contributed by atoms with E-state index in [1.54, 1.807) is 0 Å². The molecule has 1 heterocycles. The number of aromatic nitrogens is 1. The van der Waals surface area contributed by atoms with Crippen molar-refractivity contribution in [3.05, 3.63) is 23.5 Å². The van der Waals surface area contributed by atoms with Crippen molar-refractivity contribution in [1.29, 1.82) is 0 Å². The summed E-state index contributed by atoms with van der Waals surface area (Å²) >= 11 is 5.38. The minimum Gasteiger partial charge on any atom is -0.259 e.